The second-order valence-electron chi connectivity index (χ2n) is 7.30. The number of aromatic nitrogens is 2. The van der Waals surface area contributed by atoms with Gasteiger partial charge < -0.3 is 10.1 Å². The van der Waals surface area contributed by atoms with E-state index in [1.807, 2.05) is 11.8 Å². The van der Waals surface area contributed by atoms with Crippen LogP contribution in [-0.2, 0) is 16.1 Å². The smallest absolute Gasteiger partial charge is 0.248 e. The molecule has 0 spiro atoms. The molecule has 1 saturated heterocycles. The first-order chi connectivity index (χ1) is 15.5. The van der Waals surface area contributed by atoms with Gasteiger partial charge in [0, 0.05) is 62.4 Å². The Labute approximate surface area is 185 Å². The summed E-state index contributed by atoms with van der Waals surface area (Å²) in [7, 11) is 1.63. The van der Waals surface area contributed by atoms with Crippen LogP contribution in [0.3, 0.4) is 0 Å². The van der Waals surface area contributed by atoms with E-state index in [0.717, 1.165) is 28.8 Å². The molecule has 1 aliphatic rings. The lowest BCUT2D eigenvalue weighted by Gasteiger charge is -2.26. The van der Waals surface area contributed by atoms with Crippen LogP contribution < -0.4 is 5.32 Å². The number of rotatable bonds is 8. The summed E-state index contributed by atoms with van der Waals surface area (Å²) in [5.41, 5.74) is 2.59. The predicted molar refractivity (Wildman–Crippen MR) is 120 cm³/mol. The minimum Gasteiger partial charge on any atom is -0.379 e. The number of aromatic amines is 1. The highest BCUT2D eigenvalue weighted by Crippen LogP contribution is 2.23. The number of aliphatic imine (C=N–C) groups is 1. The number of ether oxygens (including phenoxy) is 1. The van der Waals surface area contributed by atoms with E-state index in [4.69, 9.17) is 4.74 Å². The van der Waals surface area contributed by atoms with Crippen molar-refractivity contribution in [3.05, 3.63) is 65.0 Å². The number of anilines is 1. The second kappa shape index (κ2) is 11.4. The molecule has 170 valence electrons. The minimum atomic E-state index is -0.685. The Morgan fingerprint density at radius 1 is 1.28 bits per heavy atom. The summed E-state index contributed by atoms with van der Waals surface area (Å²) in [4.78, 5) is 18.4. The number of carbonyl (C=O) groups is 1. The van der Waals surface area contributed by atoms with E-state index in [0.29, 0.717) is 39.3 Å². The highest BCUT2D eigenvalue weighted by Gasteiger charge is 2.16. The van der Waals surface area contributed by atoms with Crippen molar-refractivity contribution in [3.8, 4) is 0 Å². The first-order valence-corrected chi connectivity index (χ1v) is 10.4. The number of nitrogens with one attached hydrogen (secondary N) is 2. The van der Waals surface area contributed by atoms with E-state index >= 15 is 0 Å². The molecule has 32 heavy (non-hydrogen) atoms. The Kier molecular flexibility index (Phi) is 8.41. The molecular weight excluding hydrogens is 416 g/mol. The summed E-state index contributed by atoms with van der Waals surface area (Å²) in [6, 6.07) is 2.15. The number of hydrogen-bond acceptors (Lipinski definition) is 5. The van der Waals surface area contributed by atoms with E-state index in [1.54, 1.807) is 31.7 Å². The Balaban J connectivity index is 1.73. The number of benzene rings is 1. The lowest BCUT2D eigenvalue weighted by Crippen LogP contribution is -2.35. The van der Waals surface area contributed by atoms with Gasteiger partial charge in [0.05, 0.1) is 25.1 Å². The Morgan fingerprint density at radius 3 is 2.72 bits per heavy atom. The van der Waals surface area contributed by atoms with Crippen LogP contribution in [0.5, 0.6) is 0 Å². The van der Waals surface area contributed by atoms with Gasteiger partial charge in [-0.3, -0.25) is 19.8 Å². The van der Waals surface area contributed by atoms with Crippen LogP contribution in [0.25, 0.3) is 5.57 Å². The Morgan fingerprint density at radius 2 is 2.06 bits per heavy atom. The summed E-state index contributed by atoms with van der Waals surface area (Å²) in [6.07, 6.45) is 8.63. The largest absolute Gasteiger partial charge is 0.379 e. The van der Waals surface area contributed by atoms with E-state index in [1.165, 1.54) is 6.08 Å². The quantitative estimate of drug-likeness (QED) is 0.371. The van der Waals surface area contributed by atoms with Crippen molar-refractivity contribution in [1.29, 1.82) is 0 Å². The van der Waals surface area contributed by atoms with Gasteiger partial charge in [-0.15, -0.1) is 0 Å². The molecule has 7 nitrogen and oxygen atoms in total. The SMILES string of the molecule is CC/C(=C(\C=N/C)/C=C/C(=O)Nc1cc(F)c(CN2CCOCC2)cc1F)c1cn[nH]c1. The average molecular weight is 443 g/mol. The van der Waals surface area contributed by atoms with Gasteiger partial charge in [-0.2, -0.15) is 5.10 Å². The summed E-state index contributed by atoms with van der Waals surface area (Å²) < 4.78 is 34.3. The van der Waals surface area contributed by atoms with Crippen molar-refractivity contribution in [3.63, 3.8) is 0 Å². The van der Waals surface area contributed by atoms with Gasteiger partial charge in [0.15, 0.2) is 0 Å². The summed E-state index contributed by atoms with van der Waals surface area (Å²) in [5.74, 6) is -1.83. The molecular formula is C23H27F2N5O2. The fourth-order valence-electron chi connectivity index (χ4n) is 3.50. The highest BCUT2D eigenvalue weighted by molar-refractivity contribution is 6.02. The van der Waals surface area contributed by atoms with Gasteiger partial charge in [-0.1, -0.05) is 6.92 Å². The zero-order valence-corrected chi connectivity index (χ0v) is 18.2. The highest BCUT2D eigenvalue weighted by atomic mass is 19.1. The Bertz CT molecular complexity index is 1010. The molecule has 1 amide bonds. The van der Waals surface area contributed by atoms with Gasteiger partial charge in [0.2, 0.25) is 5.91 Å². The first kappa shape index (κ1) is 23.5. The topological polar surface area (TPSA) is 82.6 Å². The molecule has 3 rings (SSSR count). The fraction of sp³-hybridized carbons (Fsp3) is 0.348. The maximum Gasteiger partial charge on any atom is 0.248 e. The number of nitrogens with zero attached hydrogens (tertiary/aromatic N) is 3. The average Bonchev–Trinajstić information content (AvgIpc) is 3.31. The second-order valence-corrected chi connectivity index (χ2v) is 7.30. The van der Waals surface area contributed by atoms with Crippen LogP contribution in [0.1, 0.15) is 24.5 Å². The van der Waals surface area contributed by atoms with E-state index in [2.05, 4.69) is 20.5 Å². The number of allylic oxidation sites excluding steroid dienone is 3. The van der Waals surface area contributed by atoms with Crippen LogP contribution >= 0.6 is 0 Å². The number of H-pyrrole nitrogens is 1. The molecule has 9 heteroatoms. The molecule has 2 heterocycles. The first-order valence-electron chi connectivity index (χ1n) is 10.4. The van der Waals surface area contributed by atoms with Crippen molar-refractivity contribution in [2.75, 3.05) is 38.7 Å². The molecule has 0 saturated carbocycles. The van der Waals surface area contributed by atoms with Gasteiger partial charge in [-0.05, 0) is 29.7 Å². The van der Waals surface area contributed by atoms with Crippen LogP contribution in [0, 0.1) is 11.6 Å². The van der Waals surface area contributed by atoms with Gasteiger partial charge >= 0.3 is 0 Å². The number of halogens is 2. The monoisotopic (exact) mass is 443 g/mol. The van der Waals surface area contributed by atoms with Gasteiger partial charge in [0.1, 0.15) is 11.6 Å². The molecule has 0 atom stereocenters. The number of hydrogen-bond donors (Lipinski definition) is 2. The molecule has 1 fully saturated rings. The molecule has 0 unspecified atom stereocenters. The standard InChI is InChI=1S/C23H27F2N5O2/c1-3-19(18-13-27-28-14-18)16(12-26-2)4-5-23(31)29-22-11-20(24)17(10-21(22)25)15-30-6-8-32-9-7-30/h4-5,10-14H,3,6-9,15H2,1-2H3,(H,27,28)(H,29,31)/b5-4+,19-16+,26-12-. The molecule has 1 aliphatic heterocycles. The third-order valence-electron chi connectivity index (χ3n) is 5.12. The molecule has 1 aromatic carbocycles. The molecule has 2 aromatic rings. The van der Waals surface area contributed by atoms with E-state index in [9.17, 15) is 13.6 Å². The zero-order chi connectivity index (χ0) is 22.9. The van der Waals surface area contributed by atoms with Crippen molar-refractivity contribution < 1.29 is 18.3 Å². The van der Waals surface area contributed by atoms with Crippen molar-refractivity contribution in [2.24, 2.45) is 4.99 Å². The molecule has 0 bridgehead atoms. The summed E-state index contributed by atoms with van der Waals surface area (Å²) in [5, 5.41) is 9.13. The molecule has 0 aliphatic carbocycles. The molecule has 1 aromatic heterocycles. The maximum atomic E-state index is 14.5. The maximum absolute atomic E-state index is 14.5. The van der Waals surface area contributed by atoms with Crippen LogP contribution in [0.15, 0.2) is 47.2 Å². The molecule has 0 radical (unpaired) electrons. The predicted octanol–water partition coefficient (Wildman–Crippen LogP) is 3.58. The van der Waals surface area contributed by atoms with E-state index in [-0.39, 0.29) is 11.3 Å². The van der Waals surface area contributed by atoms with Gasteiger partial charge in [-0.25, -0.2) is 8.78 Å². The molecule has 2 N–H and O–H groups in total. The van der Waals surface area contributed by atoms with Crippen molar-refractivity contribution >= 4 is 23.4 Å². The van der Waals surface area contributed by atoms with E-state index < -0.39 is 17.5 Å². The Hall–Kier alpha value is -3.17. The lowest BCUT2D eigenvalue weighted by atomic mass is 10.0. The number of morpholine rings is 1. The van der Waals surface area contributed by atoms with Crippen LogP contribution in [-0.4, -0.2) is 60.6 Å². The number of amides is 1. The normalized spacial score (nSPS) is 16.0. The summed E-state index contributed by atoms with van der Waals surface area (Å²) in [6.45, 7) is 4.75. The lowest BCUT2D eigenvalue weighted by molar-refractivity contribution is -0.111. The van der Waals surface area contributed by atoms with Crippen molar-refractivity contribution in [1.82, 2.24) is 15.1 Å². The minimum absolute atomic E-state index is 0.205. The van der Waals surface area contributed by atoms with Crippen molar-refractivity contribution in [2.45, 2.75) is 19.9 Å². The number of carbonyl (C=O) groups excluding carboxylic acids is 1. The third-order valence-corrected chi connectivity index (χ3v) is 5.12. The van der Waals surface area contributed by atoms with Gasteiger partial charge in [0.25, 0.3) is 0 Å². The summed E-state index contributed by atoms with van der Waals surface area (Å²) >= 11 is 0. The fourth-order valence-corrected chi connectivity index (χ4v) is 3.50. The van der Waals surface area contributed by atoms with Crippen LogP contribution in [0.2, 0.25) is 0 Å². The zero-order valence-electron chi connectivity index (χ0n) is 18.2. The van der Waals surface area contributed by atoms with Crippen LogP contribution in [0.4, 0.5) is 14.5 Å². The third kappa shape index (κ3) is 6.18.